The average molecular weight is 448 g/mol. The van der Waals surface area contributed by atoms with Crippen LogP contribution in [0, 0.1) is 0 Å². The Balaban J connectivity index is 1.67. The lowest BCUT2D eigenvalue weighted by Gasteiger charge is -2.32. The number of hydrogen-bond acceptors (Lipinski definition) is 6. The molecule has 0 unspecified atom stereocenters. The first-order chi connectivity index (χ1) is 14.2. The van der Waals surface area contributed by atoms with E-state index in [0.717, 1.165) is 22.2 Å². The standard InChI is InChI=1S/C20H25N5O3S2/c1-13(2)25-19-16(12-21-25)15(11-17(22-19)18-5-4-10-29-18)20(26)24-8-6-14(7-9-24)23-30(3,27)28/h4-5,10-14,23H,6-9H2,1-3H3. The summed E-state index contributed by atoms with van der Waals surface area (Å²) in [6, 6.07) is 5.79. The van der Waals surface area contributed by atoms with Crippen molar-refractivity contribution >= 4 is 38.3 Å². The van der Waals surface area contributed by atoms with Gasteiger partial charge >= 0.3 is 0 Å². The Morgan fingerprint density at radius 3 is 2.63 bits per heavy atom. The van der Waals surface area contributed by atoms with Gasteiger partial charge in [-0.1, -0.05) is 6.07 Å². The van der Waals surface area contributed by atoms with Crippen LogP contribution in [0.15, 0.2) is 29.8 Å². The van der Waals surface area contributed by atoms with Crippen LogP contribution in [-0.2, 0) is 10.0 Å². The molecule has 3 aromatic heterocycles. The van der Waals surface area contributed by atoms with Crippen molar-refractivity contribution < 1.29 is 13.2 Å². The number of amides is 1. The molecule has 0 aromatic carbocycles. The molecule has 4 heterocycles. The van der Waals surface area contributed by atoms with Crippen LogP contribution in [0.1, 0.15) is 43.1 Å². The van der Waals surface area contributed by atoms with Crippen LogP contribution in [0.5, 0.6) is 0 Å². The van der Waals surface area contributed by atoms with Crippen LogP contribution in [0.2, 0.25) is 0 Å². The highest BCUT2D eigenvalue weighted by atomic mass is 32.2. The molecule has 0 bridgehead atoms. The number of pyridine rings is 1. The molecule has 0 aliphatic carbocycles. The number of carbonyl (C=O) groups is 1. The molecule has 1 fully saturated rings. The molecule has 0 saturated carbocycles. The molecule has 1 N–H and O–H groups in total. The lowest BCUT2D eigenvalue weighted by molar-refractivity contribution is 0.0713. The first-order valence-electron chi connectivity index (χ1n) is 9.91. The van der Waals surface area contributed by atoms with Crippen LogP contribution in [0.4, 0.5) is 0 Å². The van der Waals surface area contributed by atoms with E-state index in [0.29, 0.717) is 37.1 Å². The van der Waals surface area contributed by atoms with Gasteiger partial charge in [0.05, 0.1) is 34.0 Å². The van der Waals surface area contributed by atoms with E-state index in [1.807, 2.05) is 42.1 Å². The molecule has 0 spiro atoms. The van der Waals surface area contributed by atoms with Gasteiger partial charge in [-0.05, 0) is 44.2 Å². The van der Waals surface area contributed by atoms with Crippen molar-refractivity contribution in [2.45, 2.75) is 38.8 Å². The molecule has 3 aromatic rings. The van der Waals surface area contributed by atoms with Crippen LogP contribution in [-0.4, -0.2) is 59.4 Å². The summed E-state index contributed by atoms with van der Waals surface area (Å²) >= 11 is 1.58. The predicted molar refractivity (Wildman–Crippen MR) is 118 cm³/mol. The van der Waals surface area contributed by atoms with Crippen molar-refractivity contribution in [3.63, 3.8) is 0 Å². The third kappa shape index (κ3) is 4.26. The number of rotatable bonds is 5. The Morgan fingerprint density at radius 2 is 2.03 bits per heavy atom. The summed E-state index contributed by atoms with van der Waals surface area (Å²) in [6.07, 6.45) is 4.06. The summed E-state index contributed by atoms with van der Waals surface area (Å²) in [7, 11) is -3.25. The van der Waals surface area contributed by atoms with E-state index in [4.69, 9.17) is 4.98 Å². The number of carbonyl (C=O) groups excluding carboxylic acids is 1. The highest BCUT2D eigenvalue weighted by Crippen LogP contribution is 2.30. The number of piperidine rings is 1. The van der Waals surface area contributed by atoms with Crippen molar-refractivity contribution in [1.82, 2.24) is 24.4 Å². The molecule has 8 nitrogen and oxygen atoms in total. The predicted octanol–water partition coefficient (Wildman–Crippen LogP) is 2.89. The minimum Gasteiger partial charge on any atom is -0.339 e. The summed E-state index contributed by atoms with van der Waals surface area (Å²) in [5.41, 5.74) is 2.05. The van der Waals surface area contributed by atoms with E-state index >= 15 is 0 Å². The van der Waals surface area contributed by atoms with E-state index in [1.54, 1.807) is 22.4 Å². The van der Waals surface area contributed by atoms with Gasteiger partial charge in [-0.3, -0.25) is 4.79 Å². The normalized spacial score (nSPS) is 15.9. The summed E-state index contributed by atoms with van der Waals surface area (Å²) in [4.78, 5) is 21.0. The van der Waals surface area contributed by atoms with Gasteiger partial charge in [-0.15, -0.1) is 11.3 Å². The fourth-order valence-corrected chi connectivity index (χ4v) is 5.32. The highest BCUT2D eigenvalue weighted by molar-refractivity contribution is 7.88. The smallest absolute Gasteiger partial charge is 0.254 e. The Morgan fingerprint density at radius 1 is 1.30 bits per heavy atom. The highest BCUT2D eigenvalue weighted by Gasteiger charge is 2.27. The van der Waals surface area contributed by atoms with Gasteiger partial charge in [-0.25, -0.2) is 22.8 Å². The van der Waals surface area contributed by atoms with Crippen LogP contribution >= 0.6 is 11.3 Å². The van der Waals surface area contributed by atoms with Crippen molar-refractivity contribution in [3.8, 4) is 10.6 Å². The maximum atomic E-state index is 13.4. The first-order valence-corrected chi connectivity index (χ1v) is 12.7. The zero-order valence-corrected chi connectivity index (χ0v) is 18.8. The van der Waals surface area contributed by atoms with Gasteiger partial charge in [0, 0.05) is 25.2 Å². The molecule has 0 radical (unpaired) electrons. The maximum Gasteiger partial charge on any atom is 0.254 e. The number of nitrogens with one attached hydrogen (secondary N) is 1. The number of hydrogen-bond donors (Lipinski definition) is 1. The molecule has 10 heteroatoms. The fourth-order valence-electron chi connectivity index (χ4n) is 3.80. The van der Waals surface area contributed by atoms with Crippen LogP contribution < -0.4 is 4.72 Å². The molecule has 0 atom stereocenters. The largest absolute Gasteiger partial charge is 0.339 e. The molecular weight excluding hydrogens is 422 g/mol. The summed E-state index contributed by atoms with van der Waals surface area (Å²) in [5.74, 6) is -0.0682. The van der Waals surface area contributed by atoms with E-state index in [-0.39, 0.29) is 18.0 Å². The SMILES string of the molecule is CC(C)n1ncc2c(C(=O)N3CCC(NS(C)(=O)=O)CC3)cc(-c3cccs3)nc21. The zero-order valence-electron chi connectivity index (χ0n) is 17.2. The van der Waals surface area contributed by atoms with Gasteiger partial charge < -0.3 is 4.90 Å². The van der Waals surface area contributed by atoms with Crippen LogP contribution in [0.3, 0.4) is 0 Å². The van der Waals surface area contributed by atoms with Gasteiger partial charge in [0.1, 0.15) is 0 Å². The lowest BCUT2D eigenvalue weighted by atomic mass is 10.0. The number of thiophene rings is 1. The number of fused-ring (bicyclic) bond motifs is 1. The molecule has 1 aliphatic heterocycles. The van der Waals surface area contributed by atoms with Crippen molar-refractivity contribution in [3.05, 3.63) is 35.3 Å². The third-order valence-electron chi connectivity index (χ3n) is 5.22. The van der Waals surface area contributed by atoms with E-state index in [2.05, 4.69) is 9.82 Å². The van der Waals surface area contributed by atoms with Gasteiger partial charge in [0.2, 0.25) is 10.0 Å². The van der Waals surface area contributed by atoms with E-state index in [9.17, 15) is 13.2 Å². The number of sulfonamides is 1. The fraction of sp³-hybridized carbons (Fsp3) is 0.450. The molecule has 1 saturated heterocycles. The molecule has 1 amide bonds. The number of nitrogens with zero attached hydrogens (tertiary/aromatic N) is 4. The second-order valence-corrected chi connectivity index (χ2v) is 10.6. The van der Waals surface area contributed by atoms with Gasteiger partial charge in [0.25, 0.3) is 5.91 Å². The average Bonchev–Trinajstić information content (AvgIpc) is 3.35. The number of aromatic nitrogens is 3. The molecular formula is C20H25N5O3S2. The molecule has 4 rings (SSSR count). The monoisotopic (exact) mass is 447 g/mol. The first kappa shape index (κ1) is 21.0. The quantitative estimate of drug-likeness (QED) is 0.649. The molecule has 30 heavy (non-hydrogen) atoms. The third-order valence-corrected chi connectivity index (χ3v) is 6.88. The second-order valence-electron chi connectivity index (χ2n) is 7.91. The maximum absolute atomic E-state index is 13.4. The Kier molecular flexibility index (Phi) is 5.65. The van der Waals surface area contributed by atoms with Crippen LogP contribution in [0.25, 0.3) is 21.6 Å². The Hall–Kier alpha value is -2.30. The van der Waals surface area contributed by atoms with E-state index in [1.165, 1.54) is 0 Å². The minimum absolute atomic E-state index is 0.0682. The summed E-state index contributed by atoms with van der Waals surface area (Å²) < 4.78 is 27.4. The summed E-state index contributed by atoms with van der Waals surface area (Å²) in [6.45, 7) is 5.07. The Labute approximate surface area is 180 Å². The van der Waals surface area contributed by atoms with Gasteiger partial charge in [0.15, 0.2) is 5.65 Å². The molecule has 160 valence electrons. The van der Waals surface area contributed by atoms with Crippen molar-refractivity contribution in [1.29, 1.82) is 0 Å². The van der Waals surface area contributed by atoms with Crippen molar-refractivity contribution in [2.75, 3.05) is 19.3 Å². The zero-order chi connectivity index (χ0) is 21.5. The Bertz CT molecular complexity index is 1160. The summed E-state index contributed by atoms with van der Waals surface area (Å²) in [5, 5.41) is 7.20. The second kappa shape index (κ2) is 8.09. The minimum atomic E-state index is -3.25. The van der Waals surface area contributed by atoms with E-state index < -0.39 is 10.0 Å². The topological polar surface area (TPSA) is 97.2 Å². The van der Waals surface area contributed by atoms with Crippen molar-refractivity contribution in [2.24, 2.45) is 0 Å². The molecule has 1 aliphatic rings. The number of likely N-dealkylation sites (tertiary alicyclic amines) is 1. The lowest BCUT2D eigenvalue weighted by Crippen LogP contribution is -2.46. The van der Waals surface area contributed by atoms with Gasteiger partial charge in [-0.2, -0.15) is 5.10 Å².